The first kappa shape index (κ1) is 33.8. The van der Waals surface area contributed by atoms with Crippen molar-refractivity contribution >= 4 is 22.0 Å². The van der Waals surface area contributed by atoms with E-state index < -0.39 is 39.2 Å². The van der Waals surface area contributed by atoms with Crippen molar-refractivity contribution in [3.8, 4) is 11.5 Å². The quantitative estimate of drug-likeness (QED) is 0.194. The van der Waals surface area contributed by atoms with Crippen molar-refractivity contribution in [1.82, 2.24) is 9.21 Å². The van der Waals surface area contributed by atoms with E-state index in [0.717, 1.165) is 36.2 Å². The van der Waals surface area contributed by atoms with Crippen molar-refractivity contribution in [2.24, 2.45) is 5.92 Å². The van der Waals surface area contributed by atoms with Gasteiger partial charge in [-0.15, -0.1) is 0 Å². The largest absolute Gasteiger partial charge is 0.483 e. The molecular weight excluding hydrogens is 641 g/mol. The molecule has 10 heteroatoms. The van der Waals surface area contributed by atoms with Gasteiger partial charge >= 0.3 is 11.9 Å². The number of benzene rings is 3. The zero-order valence-corrected chi connectivity index (χ0v) is 29.6. The molecule has 0 aromatic heterocycles. The molecule has 1 spiro atoms. The van der Waals surface area contributed by atoms with Gasteiger partial charge in [-0.3, -0.25) is 14.5 Å². The van der Waals surface area contributed by atoms with Gasteiger partial charge in [0, 0.05) is 32.5 Å². The van der Waals surface area contributed by atoms with Gasteiger partial charge in [-0.05, 0) is 67.3 Å². The summed E-state index contributed by atoms with van der Waals surface area (Å²) >= 11 is 0. The highest BCUT2D eigenvalue weighted by atomic mass is 32.2. The summed E-state index contributed by atoms with van der Waals surface area (Å²) in [7, 11) is -3.81. The molecule has 5 atom stereocenters. The summed E-state index contributed by atoms with van der Waals surface area (Å²) in [6.07, 6.45) is 2.37. The Hall–Kier alpha value is -3.73. The van der Waals surface area contributed by atoms with E-state index in [1.165, 1.54) is 19.4 Å². The van der Waals surface area contributed by atoms with Crippen molar-refractivity contribution in [3.05, 3.63) is 95.1 Å². The molecule has 4 aliphatic rings. The number of carbonyl (C=O) groups is 2. The molecule has 2 bridgehead atoms. The second-order valence-corrected chi connectivity index (χ2v) is 16.5. The lowest BCUT2D eigenvalue weighted by Crippen LogP contribution is -2.79. The lowest BCUT2D eigenvalue weighted by Gasteiger charge is -2.65. The number of piperidine rings is 1. The Morgan fingerprint density at radius 2 is 1.65 bits per heavy atom. The van der Waals surface area contributed by atoms with E-state index in [-0.39, 0.29) is 23.7 Å². The molecule has 1 saturated carbocycles. The lowest BCUT2D eigenvalue weighted by molar-refractivity contribution is -0.221. The van der Waals surface area contributed by atoms with Crippen LogP contribution in [0.25, 0.3) is 0 Å². The lowest BCUT2D eigenvalue weighted by atomic mass is 9.48. The van der Waals surface area contributed by atoms with E-state index in [0.29, 0.717) is 43.7 Å². The Bertz CT molecular complexity index is 1830. The number of likely N-dealkylation sites (tertiary alicyclic amines) is 1. The second-order valence-electron chi connectivity index (χ2n) is 14.6. The van der Waals surface area contributed by atoms with Crippen LogP contribution in [0.2, 0.25) is 0 Å². The van der Waals surface area contributed by atoms with Gasteiger partial charge in [-0.2, -0.15) is 4.31 Å². The number of sulfonamides is 1. The van der Waals surface area contributed by atoms with Crippen LogP contribution in [0.3, 0.4) is 0 Å². The Balaban J connectivity index is 1.36. The number of carbonyl (C=O) groups excluding carboxylic acids is 2. The number of rotatable bonds is 11. The molecule has 2 aliphatic carbocycles. The summed E-state index contributed by atoms with van der Waals surface area (Å²) in [5, 5.41) is 0. The molecular formula is C39H46N2O7S. The minimum Gasteiger partial charge on any atom is -0.483 e. The maximum Gasteiger partial charge on any atom is 0.308 e. The zero-order valence-electron chi connectivity index (χ0n) is 28.8. The molecule has 260 valence electrons. The third kappa shape index (κ3) is 5.75. The molecule has 3 aromatic carbocycles. The summed E-state index contributed by atoms with van der Waals surface area (Å²) in [6, 6.07) is 22.8. The third-order valence-electron chi connectivity index (χ3n) is 11.1. The van der Waals surface area contributed by atoms with Gasteiger partial charge in [0.25, 0.3) is 0 Å². The van der Waals surface area contributed by atoms with Crippen LogP contribution in [0.5, 0.6) is 11.5 Å². The third-order valence-corrected chi connectivity index (χ3v) is 12.9. The van der Waals surface area contributed by atoms with Crippen LogP contribution in [0.4, 0.5) is 0 Å². The van der Waals surface area contributed by atoms with Gasteiger partial charge in [-0.1, -0.05) is 80.6 Å². The van der Waals surface area contributed by atoms with E-state index in [1.54, 1.807) is 10.4 Å². The average molecular weight is 687 g/mol. The van der Waals surface area contributed by atoms with Gasteiger partial charge in [0.2, 0.25) is 10.0 Å². The molecule has 0 N–H and O–H groups in total. The maximum atomic E-state index is 14.5. The Kier molecular flexibility index (Phi) is 8.86. The molecule has 49 heavy (non-hydrogen) atoms. The van der Waals surface area contributed by atoms with Crippen LogP contribution in [-0.4, -0.2) is 73.0 Å². The fraction of sp³-hybridized carbons (Fsp3) is 0.487. The summed E-state index contributed by atoms with van der Waals surface area (Å²) < 4.78 is 50.0. The first-order chi connectivity index (χ1) is 23.4. The van der Waals surface area contributed by atoms with Crippen LogP contribution in [0.1, 0.15) is 69.2 Å². The van der Waals surface area contributed by atoms with E-state index >= 15 is 0 Å². The highest BCUT2D eigenvalue weighted by molar-refractivity contribution is 7.88. The average Bonchev–Trinajstić information content (AvgIpc) is 3.40. The number of esters is 2. The van der Waals surface area contributed by atoms with Crippen LogP contribution >= 0.6 is 0 Å². The zero-order chi connectivity index (χ0) is 34.6. The van der Waals surface area contributed by atoms with E-state index in [2.05, 4.69) is 29.2 Å². The van der Waals surface area contributed by atoms with Gasteiger partial charge < -0.3 is 14.2 Å². The molecule has 7 rings (SSSR count). The Morgan fingerprint density at radius 3 is 2.31 bits per heavy atom. The number of hydrogen-bond acceptors (Lipinski definition) is 8. The Morgan fingerprint density at radius 1 is 0.959 bits per heavy atom. The molecule has 2 aliphatic heterocycles. The summed E-state index contributed by atoms with van der Waals surface area (Å²) in [5.41, 5.74) is 2.13. The second kappa shape index (κ2) is 12.9. The normalized spacial score (nSPS) is 27.0. The van der Waals surface area contributed by atoms with E-state index in [9.17, 15) is 18.0 Å². The topological polar surface area (TPSA) is 102 Å². The fourth-order valence-corrected chi connectivity index (χ4v) is 11.4. The van der Waals surface area contributed by atoms with E-state index in [1.807, 2.05) is 56.3 Å². The van der Waals surface area contributed by atoms with Gasteiger partial charge in [0.15, 0.2) is 11.5 Å². The number of hydrogen-bond donors (Lipinski definition) is 0. The molecule has 3 aromatic rings. The molecule has 2 heterocycles. The van der Waals surface area contributed by atoms with Crippen LogP contribution in [0, 0.1) is 5.92 Å². The van der Waals surface area contributed by atoms with Crippen molar-refractivity contribution in [1.29, 1.82) is 0 Å². The monoisotopic (exact) mass is 686 g/mol. The minimum absolute atomic E-state index is 0.0538. The standard InChI is InChI=1S/C39H46N2O7S/c1-26(2)24-41(49(44,45)25-30-13-9-6-10-14-30)32-17-19-39(48-28(4)43)34-23-31-15-16-33(46-27(3)42)36-35(31)38(39,37(32)47-36)20-22-40(34)21-18-29-11-7-5-8-12-29/h5-16,26,32,34,37H,17-25H2,1-4H3/t32?,34-,37?,38+,39-/m1/s1. The van der Waals surface area contributed by atoms with Crippen molar-refractivity contribution in [2.75, 3.05) is 19.6 Å². The summed E-state index contributed by atoms with van der Waals surface area (Å²) in [4.78, 5) is 28.0. The predicted octanol–water partition coefficient (Wildman–Crippen LogP) is 5.44. The maximum absolute atomic E-state index is 14.5. The minimum atomic E-state index is -3.81. The molecule has 0 radical (unpaired) electrons. The SMILES string of the molecule is CC(=O)Oc1ccc2c3c1OC1C(N(CC(C)C)S(=O)(=O)Cc4ccccc4)CC[C@@]4(OC(C)=O)[C@@H](C2)N(CCc2ccccc2)CC[C@]314. The van der Waals surface area contributed by atoms with E-state index in [4.69, 9.17) is 14.2 Å². The van der Waals surface area contributed by atoms with Crippen LogP contribution in [0.15, 0.2) is 72.8 Å². The van der Waals surface area contributed by atoms with Crippen molar-refractivity contribution < 1.29 is 32.2 Å². The highest BCUT2D eigenvalue weighted by Crippen LogP contribution is 2.67. The summed E-state index contributed by atoms with van der Waals surface area (Å²) in [5.74, 6) is -0.113. The van der Waals surface area contributed by atoms with Crippen molar-refractivity contribution in [3.63, 3.8) is 0 Å². The number of nitrogens with zero attached hydrogens (tertiary/aromatic N) is 2. The highest BCUT2D eigenvalue weighted by Gasteiger charge is 2.76. The molecule has 2 unspecified atom stereocenters. The molecule has 9 nitrogen and oxygen atoms in total. The van der Waals surface area contributed by atoms with Crippen LogP contribution in [-0.2, 0) is 48.4 Å². The van der Waals surface area contributed by atoms with Gasteiger partial charge in [-0.25, -0.2) is 8.42 Å². The van der Waals surface area contributed by atoms with Crippen molar-refractivity contribution in [2.45, 2.75) is 94.8 Å². The molecule has 2 fully saturated rings. The Labute approximate surface area is 289 Å². The smallest absolute Gasteiger partial charge is 0.308 e. The first-order valence-corrected chi connectivity index (χ1v) is 19.1. The first-order valence-electron chi connectivity index (χ1n) is 17.5. The summed E-state index contributed by atoms with van der Waals surface area (Å²) in [6.45, 7) is 8.72. The van der Waals surface area contributed by atoms with Crippen LogP contribution < -0.4 is 9.47 Å². The fourth-order valence-electron chi connectivity index (χ4n) is 9.43. The van der Waals surface area contributed by atoms with Gasteiger partial charge in [0.05, 0.1) is 23.3 Å². The predicted molar refractivity (Wildman–Crippen MR) is 186 cm³/mol. The number of ether oxygens (including phenoxy) is 3. The van der Waals surface area contributed by atoms with Gasteiger partial charge in [0.1, 0.15) is 11.7 Å². The molecule has 0 amide bonds. The molecule has 1 saturated heterocycles.